The molecule has 2 unspecified atom stereocenters. The van der Waals surface area contributed by atoms with E-state index in [1.54, 1.807) is 22.3 Å². The van der Waals surface area contributed by atoms with Crippen LogP contribution in [0.1, 0.15) is 78.3 Å². The molecule has 2 heterocycles. The van der Waals surface area contributed by atoms with Crippen molar-refractivity contribution in [1.29, 1.82) is 0 Å². The Morgan fingerprint density at radius 3 is 2.31 bits per heavy atom. The zero-order chi connectivity index (χ0) is 27.5. The number of likely N-dealkylation sites (tertiary alicyclic amines) is 1. The maximum atomic E-state index is 13.3. The topological polar surface area (TPSA) is 91.4 Å². The fraction of sp³-hybridized carbons (Fsp3) is 0.533. The van der Waals surface area contributed by atoms with E-state index in [2.05, 4.69) is 35.2 Å². The number of nitrogens with zero attached hydrogens (tertiary/aromatic N) is 2. The minimum Gasteiger partial charge on any atom is -0.358 e. The molecule has 1 radical (unpaired) electrons. The van der Waals surface area contributed by atoms with Gasteiger partial charge in [-0.15, -0.1) is 11.3 Å². The Morgan fingerprint density at radius 1 is 1.23 bits per heavy atom. The molecule has 0 bridgehead atoms. The standard InChI is InChI=1S/C26H38N4O3S.C2H6.2CH3.Y/c1-8-19(12-13-20(9-2)22-17(3)28-16-34-22)15-27-24(32)21-11-10-14-30(21)25(33)23(26(5,6)7)29-18(4)31;1-2;;;/h8,12-13,16,21,23H,1,9-11,14-15H2,2-7H3,(H,27,32)(H,29,31);1-2H3;2*1H3;/q;;2*-1;/b19-12+,20-13+;;;;. The first kappa shape index (κ1) is 41.8. The molecule has 0 saturated carbocycles. The van der Waals surface area contributed by atoms with E-state index < -0.39 is 17.5 Å². The molecule has 0 spiro atoms. The molecule has 1 saturated heterocycles. The normalized spacial score (nSPS) is 15.8. The average molecular weight is 636 g/mol. The van der Waals surface area contributed by atoms with Crippen molar-refractivity contribution in [1.82, 2.24) is 20.5 Å². The van der Waals surface area contributed by atoms with Gasteiger partial charge >= 0.3 is 0 Å². The summed E-state index contributed by atoms with van der Waals surface area (Å²) in [6.07, 6.45) is 7.98. The summed E-state index contributed by atoms with van der Waals surface area (Å²) < 4.78 is 0. The van der Waals surface area contributed by atoms with Gasteiger partial charge in [0.15, 0.2) is 0 Å². The van der Waals surface area contributed by atoms with Crippen molar-refractivity contribution in [3.8, 4) is 0 Å². The molecule has 1 aliphatic rings. The Kier molecular flexibility index (Phi) is 21.7. The van der Waals surface area contributed by atoms with Gasteiger partial charge in [0.2, 0.25) is 17.7 Å². The van der Waals surface area contributed by atoms with Gasteiger partial charge in [0.1, 0.15) is 12.1 Å². The summed E-state index contributed by atoms with van der Waals surface area (Å²) in [6, 6.07) is -1.23. The quantitative estimate of drug-likeness (QED) is 0.260. The van der Waals surface area contributed by atoms with Crippen molar-refractivity contribution < 1.29 is 47.1 Å². The van der Waals surface area contributed by atoms with Crippen LogP contribution in [0.2, 0.25) is 0 Å². The fourth-order valence-electron chi connectivity index (χ4n) is 4.00. The summed E-state index contributed by atoms with van der Waals surface area (Å²) in [7, 11) is 0. The number of hydrogen-bond acceptors (Lipinski definition) is 5. The zero-order valence-electron chi connectivity index (χ0n) is 25.8. The maximum Gasteiger partial charge on any atom is 0.246 e. The summed E-state index contributed by atoms with van der Waals surface area (Å²) in [5.41, 5.74) is 4.45. The molecule has 1 aromatic heterocycles. The first-order valence-electron chi connectivity index (χ1n) is 12.8. The Morgan fingerprint density at radius 2 is 1.85 bits per heavy atom. The van der Waals surface area contributed by atoms with Crippen LogP contribution in [0.25, 0.3) is 5.57 Å². The average Bonchev–Trinajstić information content (AvgIpc) is 3.49. The first-order chi connectivity index (χ1) is 17.0. The van der Waals surface area contributed by atoms with Crippen LogP contribution >= 0.6 is 11.3 Å². The van der Waals surface area contributed by atoms with E-state index in [0.29, 0.717) is 19.5 Å². The summed E-state index contributed by atoms with van der Waals surface area (Å²) in [5, 5.41) is 5.74. The molecule has 2 atom stereocenters. The molecular formula is C30H50N4O3SY-2. The number of amides is 3. The van der Waals surface area contributed by atoms with Gasteiger partial charge in [-0.1, -0.05) is 66.3 Å². The molecule has 1 aromatic rings. The van der Waals surface area contributed by atoms with Crippen LogP contribution < -0.4 is 10.6 Å². The summed E-state index contributed by atoms with van der Waals surface area (Å²) >= 11 is 1.62. The molecule has 1 fully saturated rings. The monoisotopic (exact) mass is 635 g/mol. The van der Waals surface area contributed by atoms with Gasteiger partial charge in [-0.3, -0.25) is 14.4 Å². The second-order valence-electron chi connectivity index (χ2n) is 9.67. The number of nitrogens with one attached hydrogen (secondary N) is 2. The molecule has 7 nitrogen and oxygen atoms in total. The van der Waals surface area contributed by atoms with Crippen LogP contribution in [0.5, 0.6) is 0 Å². The van der Waals surface area contributed by atoms with E-state index in [4.69, 9.17) is 0 Å². The van der Waals surface area contributed by atoms with E-state index in [1.165, 1.54) is 17.4 Å². The van der Waals surface area contributed by atoms with Gasteiger partial charge in [0.05, 0.1) is 16.1 Å². The van der Waals surface area contributed by atoms with Gasteiger partial charge in [0, 0.05) is 52.7 Å². The molecule has 9 heteroatoms. The third kappa shape index (κ3) is 12.6. The minimum absolute atomic E-state index is 0. The van der Waals surface area contributed by atoms with Crippen molar-refractivity contribution >= 4 is 34.6 Å². The van der Waals surface area contributed by atoms with E-state index in [9.17, 15) is 14.4 Å². The fourth-order valence-corrected chi connectivity index (χ4v) is 4.90. The molecule has 219 valence electrons. The van der Waals surface area contributed by atoms with Crippen molar-refractivity contribution in [2.45, 2.75) is 86.7 Å². The number of aryl methyl sites for hydroxylation is 1. The Bertz CT molecular complexity index is 979. The molecule has 39 heavy (non-hydrogen) atoms. The smallest absolute Gasteiger partial charge is 0.246 e. The predicted octanol–water partition coefficient (Wildman–Crippen LogP) is 5.94. The summed E-state index contributed by atoms with van der Waals surface area (Å²) in [4.78, 5) is 45.1. The van der Waals surface area contributed by atoms with Gasteiger partial charge in [0.25, 0.3) is 0 Å². The van der Waals surface area contributed by atoms with E-state index in [0.717, 1.165) is 24.1 Å². The Balaban J connectivity index is -0.00000253. The number of aromatic nitrogens is 1. The Labute approximate surface area is 267 Å². The summed E-state index contributed by atoms with van der Waals surface area (Å²) in [5.74, 6) is -0.662. The SMILES string of the molecule is C=C/C(=C\C=C(/CC)c1scnc1C)CNC(=O)C1CCCN1C(=O)C(NC(C)=O)C(C)(C)C.CC.[CH3-].[CH3-].[Y]. The van der Waals surface area contributed by atoms with Crippen LogP contribution in [-0.2, 0) is 47.1 Å². The number of hydrogen-bond donors (Lipinski definition) is 2. The van der Waals surface area contributed by atoms with Crippen LogP contribution in [0.3, 0.4) is 0 Å². The van der Waals surface area contributed by atoms with Crippen LogP contribution in [0.15, 0.2) is 35.9 Å². The second-order valence-corrected chi connectivity index (χ2v) is 10.5. The molecule has 2 N–H and O–H groups in total. The number of carbonyl (C=O) groups is 3. The van der Waals surface area contributed by atoms with Crippen LogP contribution in [-0.4, -0.2) is 52.8 Å². The van der Waals surface area contributed by atoms with Crippen LogP contribution in [0, 0.1) is 27.2 Å². The molecule has 3 amide bonds. The van der Waals surface area contributed by atoms with E-state index in [1.807, 2.05) is 53.1 Å². The number of carbonyl (C=O) groups excluding carboxylic acids is 3. The van der Waals surface area contributed by atoms with Crippen molar-refractivity contribution in [3.63, 3.8) is 0 Å². The number of thiazole rings is 1. The van der Waals surface area contributed by atoms with Gasteiger partial charge in [-0.2, -0.15) is 0 Å². The maximum absolute atomic E-state index is 13.3. The van der Waals surface area contributed by atoms with Gasteiger partial charge in [-0.05, 0) is 42.7 Å². The minimum atomic E-state index is -0.685. The first-order valence-corrected chi connectivity index (χ1v) is 13.7. The molecular weight excluding hydrogens is 585 g/mol. The summed E-state index contributed by atoms with van der Waals surface area (Å²) in [6.45, 7) is 19.9. The van der Waals surface area contributed by atoms with E-state index in [-0.39, 0.29) is 65.3 Å². The zero-order valence-corrected chi connectivity index (χ0v) is 29.5. The number of allylic oxidation sites excluding steroid dienone is 3. The number of rotatable bonds is 9. The third-order valence-corrected chi connectivity index (χ3v) is 6.95. The predicted molar refractivity (Wildman–Crippen MR) is 162 cm³/mol. The third-order valence-electron chi connectivity index (χ3n) is 5.94. The molecule has 0 aromatic carbocycles. The van der Waals surface area contributed by atoms with Crippen molar-refractivity contribution in [2.75, 3.05) is 13.1 Å². The van der Waals surface area contributed by atoms with E-state index >= 15 is 0 Å². The van der Waals surface area contributed by atoms with Crippen molar-refractivity contribution in [2.24, 2.45) is 5.41 Å². The van der Waals surface area contributed by atoms with Gasteiger partial charge < -0.3 is 30.4 Å². The van der Waals surface area contributed by atoms with Gasteiger partial charge in [-0.25, -0.2) is 4.98 Å². The van der Waals surface area contributed by atoms with Crippen molar-refractivity contribution in [3.05, 3.63) is 61.3 Å². The largest absolute Gasteiger partial charge is 0.358 e. The molecule has 2 rings (SSSR count). The molecule has 0 aliphatic carbocycles. The molecule has 1 aliphatic heterocycles. The Hall–Kier alpha value is -1.64. The van der Waals surface area contributed by atoms with Crippen LogP contribution in [0.4, 0.5) is 0 Å². The second kappa shape index (κ2) is 20.3.